The van der Waals surface area contributed by atoms with Crippen LogP contribution in [-0.4, -0.2) is 41.5 Å². The van der Waals surface area contributed by atoms with Crippen LogP contribution < -0.4 is 0 Å². The minimum atomic E-state index is -2.28. The van der Waals surface area contributed by atoms with Gasteiger partial charge in [-0.25, -0.2) is 0 Å². The maximum absolute atomic E-state index is 12.4. The summed E-state index contributed by atoms with van der Waals surface area (Å²) < 4.78 is 10.6. The second-order valence-electron chi connectivity index (χ2n) is 8.77. The van der Waals surface area contributed by atoms with Crippen molar-refractivity contribution in [1.29, 1.82) is 0 Å². The summed E-state index contributed by atoms with van der Waals surface area (Å²) in [6.07, 6.45) is 11.7. The van der Waals surface area contributed by atoms with Crippen molar-refractivity contribution in [2.75, 3.05) is 0 Å². The van der Waals surface area contributed by atoms with Crippen LogP contribution in [0.1, 0.15) is 93.9 Å². The average Bonchev–Trinajstić information content (AvgIpc) is 2.60. The number of nitrogens with zero attached hydrogens (tertiary/aromatic N) is 1. The summed E-state index contributed by atoms with van der Waals surface area (Å²) in [7, 11) is 0. The first-order chi connectivity index (χ1) is 12.8. The van der Waals surface area contributed by atoms with Crippen molar-refractivity contribution in [2.24, 2.45) is 0 Å². The van der Waals surface area contributed by atoms with E-state index >= 15 is 0 Å². The normalized spacial score (nSPS) is 13.6. The first-order valence-electron chi connectivity index (χ1n) is 11.4. The van der Waals surface area contributed by atoms with Crippen molar-refractivity contribution in [3.8, 4) is 0 Å². The van der Waals surface area contributed by atoms with Crippen LogP contribution in [0.5, 0.6) is 0 Å². The van der Waals surface area contributed by atoms with Crippen molar-refractivity contribution in [3.63, 3.8) is 0 Å². The fourth-order valence-electron chi connectivity index (χ4n) is 4.14. The number of hydrogen-bond acceptors (Lipinski definition) is 2. The molecule has 27 heavy (non-hydrogen) atoms. The molecule has 1 atom stereocenters. The third kappa shape index (κ3) is 9.71. The number of carbonyl (C=O) groups excluding carboxylic acids is 1. The van der Waals surface area contributed by atoms with Gasteiger partial charge in [0.1, 0.15) is 0 Å². The average molecular weight is 488 g/mol. The molecule has 0 aromatic carbocycles. The third-order valence-corrected chi connectivity index (χ3v) is 23.5. The van der Waals surface area contributed by atoms with E-state index in [2.05, 4.69) is 33.8 Å². The first-order valence-corrected chi connectivity index (χ1v) is 19.1. The molecular weight excluding hydrogens is 441 g/mol. The predicted molar refractivity (Wildman–Crippen MR) is 122 cm³/mol. The van der Waals surface area contributed by atoms with Crippen molar-refractivity contribution < 1.29 is 9.53 Å². The maximum atomic E-state index is 12.4. The standard InChI is InChI=1S/C11H20NO2.3C4H9.Sn/c1-6-7-8-14-11(13)12(9(2)3)10(4)5;3*1-3-4-2;/h6-10H,1-5H3;3*1,3-4H2,2H3;/b8-7-;;;;. The second kappa shape index (κ2) is 14.8. The van der Waals surface area contributed by atoms with Gasteiger partial charge in [-0.15, -0.1) is 0 Å². The van der Waals surface area contributed by atoms with Gasteiger partial charge in [-0.1, -0.05) is 0 Å². The Bertz CT molecular complexity index is 391. The SMILES string of the molecule is CCC[CH2][Sn]([CH2]CCC)([CH2]CCC)[CH](C)/C=C\OC(=O)N(C(C)C)C(C)C. The van der Waals surface area contributed by atoms with Crippen molar-refractivity contribution in [2.45, 2.75) is 123 Å². The quantitative estimate of drug-likeness (QED) is 0.183. The van der Waals surface area contributed by atoms with E-state index in [1.807, 2.05) is 27.7 Å². The Hall–Kier alpha value is -0.191. The van der Waals surface area contributed by atoms with Gasteiger partial charge in [-0.2, -0.15) is 0 Å². The molecule has 4 heteroatoms. The van der Waals surface area contributed by atoms with E-state index < -0.39 is 18.4 Å². The number of ether oxygens (including phenoxy) is 1. The molecule has 0 radical (unpaired) electrons. The van der Waals surface area contributed by atoms with E-state index in [1.165, 1.54) is 51.8 Å². The molecule has 160 valence electrons. The molecule has 1 unspecified atom stereocenters. The molecule has 0 fully saturated rings. The monoisotopic (exact) mass is 489 g/mol. The van der Waals surface area contributed by atoms with Crippen LogP contribution in [0.2, 0.25) is 17.2 Å². The third-order valence-electron chi connectivity index (χ3n) is 5.91. The fourth-order valence-corrected chi connectivity index (χ4v) is 20.6. The Morgan fingerprint density at radius 3 is 1.59 bits per heavy atom. The zero-order valence-corrected chi connectivity index (χ0v) is 22.4. The summed E-state index contributed by atoms with van der Waals surface area (Å²) in [4.78, 5) is 14.2. The van der Waals surface area contributed by atoms with E-state index in [4.69, 9.17) is 4.74 Å². The number of rotatable bonds is 14. The van der Waals surface area contributed by atoms with Crippen LogP contribution in [0.4, 0.5) is 4.79 Å². The molecule has 0 bridgehead atoms. The Morgan fingerprint density at radius 2 is 1.26 bits per heavy atom. The molecule has 0 N–H and O–H groups in total. The van der Waals surface area contributed by atoms with Crippen LogP contribution in [0.15, 0.2) is 12.3 Å². The Labute approximate surface area is 174 Å². The molecule has 0 rings (SSSR count). The number of unbranched alkanes of at least 4 members (excludes halogenated alkanes) is 3. The van der Waals surface area contributed by atoms with E-state index in [0.29, 0.717) is 3.93 Å². The van der Waals surface area contributed by atoms with Gasteiger partial charge in [0.15, 0.2) is 0 Å². The van der Waals surface area contributed by atoms with Gasteiger partial charge in [0.25, 0.3) is 0 Å². The first kappa shape index (κ1) is 26.8. The molecule has 0 aromatic heterocycles. The van der Waals surface area contributed by atoms with E-state index in [-0.39, 0.29) is 18.2 Å². The van der Waals surface area contributed by atoms with E-state index in [9.17, 15) is 4.79 Å². The van der Waals surface area contributed by atoms with Gasteiger partial charge >= 0.3 is 174 Å². The fraction of sp³-hybridized carbons (Fsp3) is 0.870. The van der Waals surface area contributed by atoms with Crippen LogP contribution in [0.3, 0.4) is 0 Å². The van der Waals surface area contributed by atoms with Crippen molar-refractivity contribution in [1.82, 2.24) is 4.90 Å². The molecule has 0 spiro atoms. The second-order valence-corrected chi connectivity index (χ2v) is 23.4. The summed E-state index contributed by atoms with van der Waals surface area (Å²) >= 11 is -2.28. The Kier molecular flexibility index (Phi) is 14.7. The molecule has 0 saturated carbocycles. The molecule has 0 saturated heterocycles. The van der Waals surface area contributed by atoms with Crippen molar-refractivity contribution in [3.05, 3.63) is 12.3 Å². The summed E-state index contributed by atoms with van der Waals surface area (Å²) in [5.74, 6) is 0. The molecule has 0 aliphatic carbocycles. The predicted octanol–water partition coefficient (Wildman–Crippen LogP) is 7.99. The van der Waals surface area contributed by atoms with Crippen LogP contribution in [0.25, 0.3) is 0 Å². The van der Waals surface area contributed by atoms with Gasteiger partial charge in [0.2, 0.25) is 0 Å². The number of amides is 1. The molecule has 0 aliphatic heterocycles. The zero-order valence-electron chi connectivity index (χ0n) is 19.5. The van der Waals surface area contributed by atoms with Gasteiger partial charge in [0.05, 0.1) is 0 Å². The van der Waals surface area contributed by atoms with Gasteiger partial charge in [-0.05, 0) is 0 Å². The molecule has 3 nitrogen and oxygen atoms in total. The molecule has 0 aliphatic rings. The number of hydrogen-bond donors (Lipinski definition) is 0. The van der Waals surface area contributed by atoms with Gasteiger partial charge in [0, 0.05) is 0 Å². The van der Waals surface area contributed by atoms with Crippen LogP contribution >= 0.6 is 0 Å². The minimum absolute atomic E-state index is 0.153. The van der Waals surface area contributed by atoms with E-state index in [0.717, 1.165) is 0 Å². The molecular formula is C23H47NO2Sn. The summed E-state index contributed by atoms with van der Waals surface area (Å²) in [5.41, 5.74) is 0. The topological polar surface area (TPSA) is 29.5 Å². The summed E-state index contributed by atoms with van der Waals surface area (Å²) in [6, 6.07) is 0.306. The number of carbonyl (C=O) groups is 1. The van der Waals surface area contributed by atoms with Crippen LogP contribution in [0, 0.1) is 0 Å². The van der Waals surface area contributed by atoms with Gasteiger partial charge in [-0.3, -0.25) is 0 Å². The zero-order chi connectivity index (χ0) is 20.9. The van der Waals surface area contributed by atoms with Crippen LogP contribution in [-0.2, 0) is 4.74 Å². The molecule has 0 heterocycles. The molecule has 1 amide bonds. The van der Waals surface area contributed by atoms with Gasteiger partial charge < -0.3 is 0 Å². The Balaban J connectivity index is 5.19. The number of allylic oxidation sites excluding steroid dienone is 1. The summed E-state index contributed by atoms with van der Waals surface area (Å²) in [5, 5.41) is 0. The molecule has 0 aromatic rings. The Morgan fingerprint density at radius 1 is 0.852 bits per heavy atom. The summed E-state index contributed by atoms with van der Waals surface area (Å²) in [6.45, 7) is 17.5. The van der Waals surface area contributed by atoms with E-state index in [1.54, 1.807) is 11.2 Å². The van der Waals surface area contributed by atoms with Crippen molar-refractivity contribution >= 4 is 24.5 Å².